The quantitative estimate of drug-likeness (QED) is 0.514. The van der Waals surface area contributed by atoms with Crippen molar-refractivity contribution in [2.24, 2.45) is 5.92 Å². The van der Waals surface area contributed by atoms with E-state index in [1.54, 1.807) is 25.1 Å². The van der Waals surface area contributed by atoms with E-state index in [2.05, 4.69) is 0 Å². The van der Waals surface area contributed by atoms with Crippen molar-refractivity contribution >= 4 is 0 Å². The second-order valence-electron chi connectivity index (χ2n) is 8.33. The summed E-state index contributed by atoms with van der Waals surface area (Å²) in [4.78, 5) is 0. The SMILES string of the molecule is C[C@@H]1[C@@H](c2ccccc2Oc2cccc(C(F)(F)F)c2)c2cc3c(cc2O[C@]1(C)O)OCO3. The number of aliphatic hydroxyl groups is 1. The van der Waals surface area contributed by atoms with Gasteiger partial charge in [0.2, 0.25) is 12.6 Å². The highest BCUT2D eigenvalue weighted by Gasteiger charge is 2.45. The third-order valence-corrected chi connectivity index (χ3v) is 6.14. The lowest BCUT2D eigenvalue weighted by molar-refractivity contribution is -0.171. The second-order valence-corrected chi connectivity index (χ2v) is 8.33. The zero-order valence-corrected chi connectivity index (χ0v) is 17.8. The molecule has 33 heavy (non-hydrogen) atoms. The lowest BCUT2D eigenvalue weighted by Crippen LogP contribution is -2.45. The average Bonchev–Trinajstić information content (AvgIpc) is 3.21. The van der Waals surface area contributed by atoms with Crippen molar-refractivity contribution < 1.29 is 37.2 Å². The van der Waals surface area contributed by atoms with Gasteiger partial charge in [0.15, 0.2) is 11.5 Å². The molecule has 0 bridgehead atoms. The molecule has 0 radical (unpaired) electrons. The zero-order valence-electron chi connectivity index (χ0n) is 17.8. The van der Waals surface area contributed by atoms with Crippen molar-refractivity contribution in [2.45, 2.75) is 31.7 Å². The van der Waals surface area contributed by atoms with Gasteiger partial charge < -0.3 is 24.1 Å². The van der Waals surface area contributed by atoms with E-state index in [4.69, 9.17) is 18.9 Å². The number of hydrogen-bond donors (Lipinski definition) is 1. The Morgan fingerprint density at radius 2 is 1.67 bits per heavy atom. The number of rotatable bonds is 3. The molecule has 0 saturated carbocycles. The molecule has 2 aliphatic rings. The molecule has 3 aromatic rings. The van der Waals surface area contributed by atoms with Crippen LogP contribution < -0.4 is 18.9 Å². The fourth-order valence-electron chi connectivity index (χ4n) is 4.29. The summed E-state index contributed by atoms with van der Waals surface area (Å²) in [5, 5.41) is 11.0. The van der Waals surface area contributed by atoms with Crippen LogP contribution in [-0.4, -0.2) is 17.7 Å². The molecule has 3 aromatic carbocycles. The van der Waals surface area contributed by atoms with Crippen molar-refractivity contribution in [3.05, 3.63) is 77.4 Å². The van der Waals surface area contributed by atoms with Gasteiger partial charge in [0.1, 0.15) is 17.2 Å². The molecule has 0 fully saturated rings. The first-order chi connectivity index (χ1) is 15.6. The van der Waals surface area contributed by atoms with Crippen LogP contribution in [0, 0.1) is 5.92 Å². The van der Waals surface area contributed by atoms with E-state index in [1.165, 1.54) is 12.1 Å². The van der Waals surface area contributed by atoms with Crippen LogP contribution in [0.15, 0.2) is 60.7 Å². The van der Waals surface area contributed by atoms with E-state index in [1.807, 2.05) is 25.1 Å². The van der Waals surface area contributed by atoms with Gasteiger partial charge in [0, 0.05) is 36.0 Å². The van der Waals surface area contributed by atoms with Crippen molar-refractivity contribution in [2.75, 3.05) is 6.79 Å². The monoisotopic (exact) mass is 458 g/mol. The number of ether oxygens (including phenoxy) is 4. The lowest BCUT2D eigenvalue weighted by Gasteiger charge is -2.42. The molecule has 1 N–H and O–H groups in total. The Bertz CT molecular complexity index is 1200. The van der Waals surface area contributed by atoms with Crippen LogP contribution in [0.5, 0.6) is 28.7 Å². The highest BCUT2D eigenvalue weighted by atomic mass is 19.4. The van der Waals surface area contributed by atoms with Crippen LogP contribution in [-0.2, 0) is 6.18 Å². The van der Waals surface area contributed by atoms with E-state index in [-0.39, 0.29) is 18.5 Å². The van der Waals surface area contributed by atoms with Crippen LogP contribution in [0.1, 0.15) is 36.5 Å². The summed E-state index contributed by atoms with van der Waals surface area (Å²) >= 11 is 0. The molecule has 0 saturated heterocycles. The van der Waals surface area contributed by atoms with E-state index in [0.717, 1.165) is 17.7 Å². The molecule has 5 rings (SSSR count). The molecule has 0 aromatic heterocycles. The highest BCUT2D eigenvalue weighted by molar-refractivity contribution is 5.58. The maximum Gasteiger partial charge on any atom is 0.416 e. The molecule has 172 valence electrons. The molecule has 2 heterocycles. The Hall–Kier alpha value is -3.39. The predicted octanol–water partition coefficient (Wildman–Crippen LogP) is 6.10. The number of para-hydroxylation sites is 1. The largest absolute Gasteiger partial charge is 0.462 e. The summed E-state index contributed by atoms with van der Waals surface area (Å²) in [5.74, 6) is -0.337. The Morgan fingerprint density at radius 1 is 0.939 bits per heavy atom. The number of alkyl halides is 3. The first-order valence-electron chi connectivity index (χ1n) is 10.4. The minimum atomic E-state index is -4.48. The first-order valence-corrected chi connectivity index (χ1v) is 10.4. The molecule has 0 aliphatic carbocycles. The minimum Gasteiger partial charge on any atom is -0.462 e. The first kappa shape index (κ1) is 21.5. The molecule has 3 atom stereocenters. The average molecular weight is 458 g/mol. The van der Waals surface area contributed by atoms with Crippen molar-refractivity contribution in [1.82, 2.24) is 0 Å². The van der Waals surface area contributed by atoms with E-state index in [0.29, 0.717) is 28.6 Å². The van der Waals surface area contributed by atoms with Crippen LogP contribution >= 0.6 is 0 Å². The van der Waals surface area contributed by atoms with Gasteiger partial charge in [-0.1, -0.05) is 31.2 Å². The minimum absolute atomic E-state index is 0.0645. The molecule has 2 aliphatic heterocycles. The standard InChI is InChI=1S/C25H21F3O5/c1-14-23(18-11-21-22(31-13-30-21)12-20(18)33-24(14,2)29)17-8-3-4-9-19(17)32-16-7-5-6-15(10-16)25(26,27)28/h3-12,14,23,29H,13H2,1-2H3/t14-,23+,24+/m1/s1. The van der Waals surface area contributed by atoms with Crippen molar-refractivity contribution in [1.29, 1.82) is 0 Å². The molecular formula is C25H21F3O5. The number of fused-ring (bicyclic) bond motifs is 2. The topological polar surface area (TPSA) is 57.2 Å². The Morgan fingerprint density at radius 3 is 2.42 bits per heavy atom. The van der Waals surface area contributed by atoms with Gasteiger partial charge in [-0.15, -0.1) is 0 Å². The van der Waals surface area contributed by atoms with Gasteiger partial charge in [0.25, 0.3) is 0 Å². The molecule has 5 nitrogen and oxygen atoms in total. The second kappa shape index (κ2) is 7.59. The fraction of sp³-hybridized carbons (Fsp3) is 0.280. The fourth-order valence-corrected chi connectivity index (χ4v) is 4.29. The normalized spacial score (nSPS) is 23.6. The van der Waals surface area contributed by atoms with Gasteiger partial charge in [0.05, 0.1) is 5.56 Å². The van der Waals surface area contributed by atoms with Crippen LogP contribution in [0.4, 0.5) is 13.2 Å². The summed E-state index contributed by atoms with van der Waals surface area (Å²) in [6.45, 7) is 3.51. The summed E-state index contributed by atoms with van der Waals surface area (Å²) in [7, 11) is 0. The van der Waals surface area contributed by atoms with Gasteiger partial charge in [-0.05, 0) is 30.3 Å². The number of hydrogen-bond acceptors (Lipinski definition) is 5. The predicted molar refractivity (Wildman–Crippen MR) is 113 cm³/mol. The van der Waals surface area contributed by atoms with E-state index in [9.17, 15) is 18.3 Å². The number of halogens is 3. The molecule has 0 amide bonds. The third-order valence-electron chi connectivity index (χ3n) is 6.14. The lowest BCUT2D eigenvalue weighted by atomic mass is 9.75. The van der Waals surface area contributed by atoms with Crippen molar-refractivity contribution in [3.63, 3.8) is 0 Å². The van der Waals surface area contributed by atoms with Crippen LogP contribution in [0.2, 0.25) is 0 Å². The maximum absolute atomic E-state index is 13.2. The van der Waals surface area contributed by atoms with Crippen LogP contribution in [0.3, 0.4) is 0 Å². The number of benzene rings is 3. The third kappa shape index (κ3) is 3.84. The molecule has 0 unspecified atom stereocenters. The van der Waals surface area contributed by atoms with Gasteiger partial charge in [-0.3, -0.25) is 0 Å². The Balaban J connectivity index is 1.60. The van der Waals surface area contributed by atoms with Crippen LogP contribution in [0.25, 0.3) is 0 Å². The summed E-state index contributed by atoms with van der Waals surface area (Å²) in [6.07, 6.45) is -4.48. The van der Waals surface area contributed by atoms with Crippen molar-refractivity contribution in [3.8, 4) is 28.7 Å². The summed E-state index contributed by atoms with van der Waals surface area (Å²) in [6, 6.07) is 15.3. The van der Waals surface area contributed by atoms with E-state index >= 15 is 0 Å². The maximum atomic E-state index is 13.2. The Kier molecular flexibility index (Phi) is 4.93. The van der Waals surface area contributed by atoms with E-state index < -0.39 is 23.4 Å². The Labute approximate surface area is 188 Å². The van der Waals surface area contributed by atoms with Gasteiger partial charge >= 0.3 is 6.18 Å². The van der Waals surface area contributed by atoms with Gasteiger partial charge in [-0.2, -0.15) is 13.2 Å². The summed E-state index contributed by atoms with van der Waals surface area (Å²) < 4.78 is 62.3. The smallest absolute Gasteiger partial charge is 0.416 e. The molecular weight excluding hydrogens is 437 g/mol. The van der Waals surface area contributed by atoms with Gasteiger partial charge in [-0.25, -0.2) is 0 Å². The molecule has 0 spiro atoms. The molecule has 8 heteroatoms. The summed E-state index contributed by atoms with van der Waals surface area (Å²) in [5.41, 5.74) is 0.669. The zero-order chi connectivity index (χ0) is 23.4. The highest BCUT2D eigenvalue weighted by Crippen LogP contribution is 2.53.